The van der Waals surface area contributed by atoms with Crippen LogP contribution in [0.5, 0.6) is 0 Å². The topological polar surface area (TPSA) is 96.6 Å². The molecule has 1 atom stereocenters. The number of anilines is 1. The maximum Gasteiger partial charge on any atom is 0.343 e. The largest absolute Gasteiger partial charge is 0.477 e. The van der Waals surface area contributed by atoms with Crippen LogP contribution in [-0.2, 0) is 6.42 Å². The highest BCUT2D eigenvalue weighted by Crippen LogP contribution is 2.23. The highest BCUT2D eigenvalue weighted by Gasteiger charge is 2.29. The molecule has 0 aliphatic carbocycles. The second kappa shape index (κ2) is 7.11. The normalized spacial score (nSPS) is 17.8. The molecule has 0 radical (unpaired) electrons. The number of aryl methyl sites for hydroxylation is 2. The molecule has 136 valence electrons. The third-order valence-electron chi connectivity index (χ3n) is 4.69. The zero-order chi connectivity index (χ0) is 18.8. The zero-order valence-electron chi connectivity index (χ0n) is 15.1. The van der Waals surface area contributed by atoms with E-state index in [0.29, 0.717) is 36.5 Å². The van der Waals surface area contributed by atoms with Crippen LogP contribution in [0.4, 0.5) is 5.69 Å². The molecule has 0 bridgehead atoms. The SMILES string of the molecule is CCc1nc2n(c(=O)c1C(=O)O)C(C)CCC2=NNc1ccccc1C. The number of nitrogens with zero attached hydrogens (tertiary/aromatic N) is 3. The van der Waals surface area contributed by atoms with E-state index in [0.717, 1.165) is 11.3 Å². The fourth-order valence-corrected chi connectivity index (χ4v) is 3.18. The van der Waals surface area contributed by atoms with Crippen molar-refractivity contribution in [3.8, 4) is 0 Å². The summed E-state index contributed by atoms with van der Waals surface area (Å²) in [6.45, 7) is 5.67. The van der Waals surface area contributed by atoms with Crippen LogP contribution in [0.25, 0.3) is 0 Å². The smallest absolute Gasteiger partial charge is 0.343 e. The third-order valence-corrected chi connectivity index (χ3v) is 4.69. The zero-order valence-corrected chi connectivity index (χ0v) is 15.1. The fraction of sp³-hybridized carbons (Fsp3) is 0.368. The van der Waals surface area contributed by atoms with E-state index in [1.807, 2.05) is 38.1 Å². The number of hydrogen-bond acceptors (Lipinski definition) is 5. The molecule has 1 aromatic heterocycles. The van der Waals surface area contributed by atoms with Crippen LogP contribution in [0.15, 0.2) is 34.2 Å². The van der Waals surface area contributed by atoms with Crippen LogP contribution in [-0.4, -0.2) is 26.3 Å². The van der Waals surface area contributed by atoms with E-state index in [4.69, 9.17) is 0 Å². The van der Waals surface area contributed by atoms with Gasteiger partial charge in [-0.1, -0.05) is 25.1 Å². The van der Waals surface area contributed by atoms with Crippen molar-refractivity contribution >= 4 is 17.4 Å². The molecular formula is C19H22N4O3. The van der Waals surface area contributed by atoms with E-state index < -0.39 is 11.5 Å². The first-order valence-electron chi connectivity index (χ1n) is 8.71. The van der Waals surface area contributed by atoms with Crippen LogP contribution in [0, 0.1) is 6.92 Å². The van der Waals surface area contributed by atoms with Gasteiger partial charge < -0.3 is 5.11 Å². The second-order valence-corrected chi connectivity index (χ2v) is 6.46. The van der Waals surface area contributed by atoms with Crippen LogP contribution >= 0.6 is 0 Å². The molecule has 3 rings (SSSR count). The van der Waals surface area contributed by atoms with Gasteiger partial charge in [-0.05, 0) is 44.7 Å². The Bertz CT molecular complexity index is 946. The molecule has 7 heteroatoms. The first kappa shape index (κ1) is 17.8. The molecule has 7 nitrogen and oxygen atoms in total. The highest BCUT2D eigenvalue weighted by atomic mass is 16.4. The number of hydrazone groups is 1. The van der Waals surface area contributed by atoms with E-state index in [9.17, 15) is 14.7 Å². The molecular weight excluding hydrogens is 332 g/mol. The number of aromatic nitrogens is 2. The number of carboxylic acid groups (broad SMARTS) is 1. The molecule has 0 saturated heterocycles. The Balaban J connectivity index is 2.11. The number of fused-ring (bicyclic) bond motifs is 1. The molecule has 2 N–H and O–H groups in total. The molecule has 2 aromatic rings. The first-order chi connectivity index (χ1) is 12.4. The molecule has 0 saturated carbocycles. The summed E-state index contributed by atoms with van der Waals surface area (Å²) in [6.07, 6.45) is 1.74. The maximum atomic E-state index is 12.8. The second-order valence-electron chi connectivity index (χ2n) is 6.46. The van der Waals surface area contributed by atoms with Crippen molar-refractivity contribution in [2.24, 2.45) is 5.10 Å². The first-order valence-corrected chi connectivity index (χ1v) is 8.71. The Morgan fingerprint density at radius 1 is 1.42 bits per heavy atom. The van der Waals surface area contributed by atoms with E-state index in [1.54, 1.807) is 6.92 Å². The predicted molar refractivity (Wildman–Crippen MR) is 100 cm³/mol. The summed E-state index contributed by atoms with van der Waals surface area (Å²) >= 11 is 0. The number of hydrogen-bond donors (Lipinski definition) is 2. The van der Waals surface area contributed by atoms with E-state index in [-0.39, 0.29) is 11.6 Å². The average Bonchev–Trinajstić information content (AvgIpc) is 2.61. The summed E-state index contributed by atoms with van der Waals surface area (Å²) < 4.78 is 1.46. The van der Waals surface area contributed by atoms with Crippen LogP contribution in [0.3, 0.4) is 0 Å². The Kier molecular flexibility index (Phi) is 4.88. The molecule has 26 heavy (non-hydrogen) atoms. The minimum absolute atomic E-state index is 0.119. The lowest BCUT2D eigenvalue weighted by molar-refractivity contribution is 0.0692. The quantitative estimate of drug-likeness (QED) is 0.823. The molecule has 2 heterocycles. The van der Waals surface area contributed by atoms with Crippen molar-refractivity contribution in [1.82, 2.24) is 9.55 Å². The van der Waals surface area contributed by atoms with E-state index in [2.05, 4.69) is 15.5 Å². The molecule has 0 spiro atoms. The van der Waals surface area contributed by atoms with Gasteiger partial charge in [-0.25, -0.2) is 9.78 Å². The summed E-state index contributed by atoms with van der Waals surface area (Å²) in [6, 6.07) is 7.66. The van der Waals surface area contributed by atoms with Gasteiger partial charge >= 0.3 is 5.97 Å². The monoisotopic (exact) mass is 354 g/mol. The van der Waals surface area contributed by atoms with Crippen LogP contribution in [0.1, 0.15) is 60.2 Å². The lowest BCUT2D eigenvalue weighted by atomic mass is 10.0. The molecule has 1 unspecified atom stereocenters. The standard InChI is InChI=1S/C19H22N4O3/c1-4-13-16(19(25)26)18(24)23-12(3)9-10-15(17(23)20-13)22-21-14-8-6-5-7-11(14)2/h5-8,12,21H,4,9-10H2,1-3H3,(H,25,26). The van der Waals surface area contributed by atoms with Gasteiger partial charge in [0.15, 0.2) is 5.82 Å². The van der Waals surface area contributed by atoms with Crippen molar-refractivity contribution in [1.29, 1.82) is 0 Å². The summed E-state index contributed by atoms with van der Waals surface area (Å²) in [7, 11) is 0. The number of para-hydroxylation sites is 1. The lowest BCUT2D eigenvalue weighted by Crippen LogP contribution is -2.38. The fourth-order valence-electron chi connectivity index (χ4n) is 3.18. The summed E-state index contributed by atoms with van der Waals surface area (Å²) in [4.78, 5) is 28.8. The predicted octanol–water partition coefficient (Wildman–Crippen LogP) is 2.98. The minimum atomic E-state index is -1.23. The molecule has 1 aromatic carbocycles. The van der Waals surface area contributed by atoms with Gasteiger partial charge in [0, 0.05) is 6.04 Å². The van der Waals surface area contributed by atoms with Crippen molar-refractivity contribution in [3.63, 3.8) is 0 Å². The number of carboxylic acids is 1. The van der Waals surface area contributed by atoms with Crippen LogP contribution in [0.2, 0.25) is 0 Å². The maximum absolute atomic E-state index is 12.8. The van der Waals surface area contributed by atoms with Gasteiger partial charge in [-0.15, -0.1) is 0 Å². The number of benzene rings is 1. The van der Waals surface area contributed by atoms with Gasteiger partial charge in [0.1, 0.15) is 11.3 Å². The number of aromatic carboxylic acids is 1. The molecule has 0 fully saturated rings. The summed E-state index contributed by atoms with van der Waals surface area (Å²) in [5, 5.41) is 13.9. The number of nitrogens with one attached hydrogen (secondary N) is 1. The lowest BCUT2D eigenvalue weighted by Gasteiger charge is -2.26. The van der Waals surface area contributed by atoms with Gasteiger partial charge in [0.25, 0.3) is 5.56 Å². The molecule has 1 aliphatic heterocycles. The van der Waals surface area contributed by atoms with Crippen LogP contribution < -0.4 is 11.0 Å². The van der Waals surface area contributed by atoms with Gasteiger partial charge in [-0.3, -0.25) is 14.8 Å². The number of rotatable bonds is 4. The van der Waals surface area contributed by atoms with E-state index in [1.165, 1.54) is 4.57 Å². The van der Waals surface area contributed by atoms with Crippen molar-refractivity contribution in [2.45, 2.75) is 46.1 Å². The van der Waals surface area contributed by atoms with E-state index >= 15 is 0 Å². The van der Waals surface area contributed by atoms with Crippen molar-refractivity contribution < 1.29 is 9.90 Å². The minimum Gasteiger partial charge on any atom is -0.477 e. The molecule has 1 aliphatic rings. The van der Waals surface area contributed by atoms with Gasteiger partial charge in [0.2, 0.25) is 0 Å². The molecule has 0 amide bonds. The highest BCUT2D eigenvalue weighted by molar-refractivity contribution is 5.99. The Labute approximate surface area is 151 Å². The Morgan fingerprint density at radius 2 is 2.15 bits per heavy atom. The average molecular weight is 354 g/mol. The Hall–Kier alpha value is -2.96. The van der Waals surface area contributed by atoms with Crippen molar-refractivity contribution in [2.75, 3.05) is 5.43 Å². The number of carbonyl (C=O) groups is 1. The van der Waals surface area contributed by atoms with Gasteiger partial charge in [0.05, 0.1) is 11.4 Å². The van der Waals surface area contributed by atoms with Crippen molar-refractivity contribution in [3.05, 3.63) is 57.3 Å². The van der Waals surface area contributed by atoms with Gasteiger partial charge in [-0.2, -0.15) is 5.10 Å². The summed E-state index contributed by atoms with van der Waals surface area (Å²) in [5.41, 5.74) is 5.20. The Morgan fingerprint density at radius 3 is 2.81 bits per heavy atom. The third kappa shape index (κ3) is 3.12. The summed E-state index contributed by atoms with van der Waals surface area (Å²) in [5.74, 6) is -0.777.